The Morgan fingerprint density at radius 3 is 2.65 bits per heavy atom. The highest BCUT2D eigenvalue weighted by Crippen LogP contribution is 2.66. The van der Waals surface area contributed by atoms with Gasteiger partial charge in [-0.15, -0.1) is 0 Å². The van der Waals surface area contributed by atoms with Crippen molar-refractivity contribution in [1.82, 2.24) is 0 Å². The van der Waals surface area contributed by atoms with Gasteiger partial charge in [0.15, 0.2) is 0 Å². The Morgan fingerprint density at radius 2 is 2.00 bits per heavy atom. The van der Waals surface area contributed by atoms with E-state index in [0.717, 1.165) is 32.0 Å². The monoisotopic (exact) mass is 362 g/mol. The molecule has 26 heavy (non-hydrogen) atoms. The van der Waals surface area contributed by atoms with Crippen LogP contribution >= 0.6 is 0 Å². The second-order valence-corrected chi connectivity index (χ2v) is 9.63. The van der Waals surface area contributed by atoms with Gasteiger partial charge < -0.3 is 14.6 Å². The van der Waals surface area contributed by atoms with Gasteiger partial charge in [-0.3, -0.25) is 0 Å². The molecule has 5 atom stereocenters. The van der Waals surface area contributed by atoms with E-state index in [-0.39, 0.29) is 29.1 Å². The van der Waals surface area contributed by atoms with Crippen LogP contribution in [0.5, 0.6) is 0 Å². The Hall–Kier alpha value is -1.16. The molecule has 2 fully saturated rings. The van der Waals surface area contributed by atoms with Crippen molar-refractivity contribution < 1.29 is 19.4 Å². The maximum Gasteiger partial charge on any atom is 0.333 e. The molecule has 0 aromatic heterocycles. The number of carbonyl (C=O) groups excluding carboxylic acids is 2. The van der Waals surface area contributed by atoms with E-state index >= 15 is 0 Å². The largest absolute Gasteiger partial charge is 0.463 e. The molecule has 4 heteroatoms. The third-order valence-electron chi connectivity index (χ3n) is 7.98. The molecule has 0 radical (unpaired) electrons. The number of aldehydes is 1. The molecule has 1 N–H and O–H groups in total. The van der Waals surface area contributed by atoms with Gasteiger partial charge in [-0.05, 0) is 61.7 Å². The van der Waals surface area contributed by atoms with E-state index in [9.17, 15) is 14.7 Å². The predicted octanol–water partition coefficient (Wildman–Crippen LogP) is 4.06. The average molecular weight is 363 g/mol. The summed E-state index contributed by atoms with van der Waals surface area (Å²) in [4.78, 5) is 24.6. The summed E-state index contributed by atoms with van der Waals surface area (Å²) < 4.78 is 5.16. The van der Waals surface area contributed by atoms with Crippen molar-refractivity contribution in [2.24, 2.45) is 28.1 Å². The second-order valence-electron chi connectivity index (χ2n) is 9.63. The number of ether oxygens (including phenoxy) is 1. The Kier molecular flexibility index (Phi) is 5.11. The van der Waals surface area contributed by atoms with Gasteiger partial charge in [0.25, 0.3) is 0 Å². The Morgan fingerprint density at radius 1 is 1.27 bits per heavy atom. The van der Waals surface area contributed by atoms with Crippen molar-refractivity contribution in [2.75, 3.05) is 6.61 Å². The van der Waals surface area contributed by atoms with E-state index in [4.69, 9.17) is 4.74 Å². The molecular weight excluding hydrogens is 328 g/mol. The fourth-order valence-corrected chi connectivity index (χ4v) is 6.73. The summed E-state index contributed by atoms with van der Waals surface area (Å²) in [5.41, 5.74) is 0.0593. The Bertz CT molecular complexity index is 607. The lowest BCUT2D eigenvalue weighted by Gasteiger charge is -2.62. The van der Waals surface area contributed by atoms with E-state index in [1.807, 2.05) is 6.08 Å². The molecule has 0 saturated heterocycles. The van der Waals surface area contributed by atoms with Crippen molar-refractivity contribution in [2.45, 2.75) is 78.7 Å². The van der Waals surface area contributed by atoms with Crippen LogP contribution in [0.4, 0.5) is 0 Å². The highest BCUT2D eigenvalue weighted by Gasteiger charge is 2.62. The van der Waals surface area contributed by atoms with Crippen LogP contribution in [-0.2, 0) is 14.3 Å². The van der Waals surface area contributed by atoms with Crippen molar-refractivity contribution in [1.29, 1.82) is 0 Å². The zero-order valence-electron chi connectivity index (χ0n) is 16.7. The van der Waals surface area contributed by atoms with Gasteiger partial charge >= 0.3 is 5.97 Å². The molecule has 0 amide bonds. The highest BCUT2D eigenvalue weighted by molar-refractivity contribution is 5.88. The first kappa shape index (κ1) is 19.6. The predicted molar refractivity (Wildman–Crippen MR) is 100 cm³/mol. The first-order chi connectivity index (χ1) is 12.2. The Balaban J connectivity index is 2.02. The van der Waals surface area contributed by atoms with Crippen LogP contribution in [0.25, 0.3) is 0 Å². The lowest BCUT2D eigenvalue weighted by atomic mass is 9.42. The smallest absolute Gasteiger partial charge is 0.333 e. The molecule has 146 valence electrons. The molecule has 0 heterocycles. The van der Waals surface area contributed by atoms with Gasteiger partial charge in [0.05, 0.1) is 18.1 Å². The van der Waals surface area contributed by atoms with Crippen LogP contribution < -0.4 is 0 Å². The van der Waals surface area contributed by atoms with Crippen molar-refractivity contribution in [3.8, 4) is 0 Å². The normalized spacial score (nSPS) is 41.9. The number of fused-ring (bicyclic) bond motifs is 3. The van der Waals surface area contributed by atoms with Crippen molar-refractivity contribution >= 4 is 12.3 Å². The fraction of sp³-hybridized carbons (Fsp3) is 0.818. The quantitative estimate of drug-likeness (QED) is 0.607. The molecule has 4 nitrogen and oxygen atoms in total. The zero-order valence-corrected chi connectivity index (χ0v) is 16.7. The third kappa shape index (κ3) is 2.85. The molecule has 3 aliphatic carbocycles. The number of aliphatic hydroxyl groups is 1. The second kappa shape index (κ2) is 6.78. The summed E-state index contributed by atoms with van der Waals surface area (Å²) in [7, 11) is 0. The maximum absolute atomic E-state index is 12.4. The average Bonchev–Trinajstić information content (AvgIpc) is 2.72. The van der Waals surface area contributed by atoms with Gasteiger partial charge in [-0.2, -0.15) is 0 Å². The fourth-order valence-electron chi connectivity index (χ4n) is 6.73. The third-order valence-corrected chi connectivity index (χ3v) is 7.98. The van der Waals surface area contributed by atoms with Gasteiger partial charge in [0, 0.05) is 12.0 Å². The summed E-state index contributed by atoms with van der Waals surface area (Å²) in [6.07, 6.45) is 8.23. The topological polar surface area (TPSA) is 63.6 Å². The van der Waals surface area contributed by atoms with E-state index in [1.165, 1.54) is 6.42 Å². The molecule has 3 rings (SSSR count). The first-order valence-corrected chi connectivity index (χ1v) is 10.2. The molecular formula is C22H34O4. The standard InChI is InChI=1S/C22H34O4/c1-5-26-19(25)15-7-8-17-21(4)11-6-10-20(2,3)16(21)9-12-22(17,14-23)18(24)13-15/h7,14,16-18,24H,5-6,8-13H2,1-4H3/t16?,17-,18-,21+,22+/m1/s1. The number of hydrogen-bond donors (Lipinski definition) is 1. The minimum Gasteiger partial charge on any atom is -0.463 e. The van der Waals surface area contributed by atoms with Gasteiger partial charge in [0.2, 0.25) is 0 Å². The van der Waals surface area contributed by atoms with Gasteiger partial charge in [0.1, 0.15) is 6.29 Å². The summed E-state index contributed by atoms with van der Waals surface area (Å²) >= 11 is 0. The van der Waals surface area contributed by atoms with Gasteiger partial charge in [-0.1, -0.05) is 33.3 Å². The van der Waals surface area contributed by atoms with Crippen LogP contribution in [0.15, 0.2) is 11.6 Å². The number of rotatable bonds is 3. The maximum atomic E-state index is 12.4. The summed E-state index contributed by atoms with van der Waals surface area (Å²) in [6, 6.07) is 0. The van der Waals surface area contributed by atoms with Crippen molar-refractivity contribution in [3.05, 3.63) is 11.6 Å². The van der Waals surface area contributed by atoms with Gasteiger partial charge in [-0.25, -0.2) is 4.79 Å². The van der Waals surface area contributed by atoms with Crippen LogP contribution in [-0.4, -0.2) is 30.1 Å². The van der Waals surface area contributed by atoms with Crippen LogP contribution in [0.1, 0.15) is 72.6 Å². The van der Waals surface area contributed by atoms with Crippen LogP contribution in [0, 0.1) is 28.1 Å². The van der Waals surface area contributed by atoms with Crippen molar-refractivity contribution in [3.63, 3.8) is 0 Å². The number of esters is 1. The lowest BCUT2D eigenvalue weighted by Crippen LogP contribution is -2.59. The molecule has 0 aromatic rings. The summed E-state index contributed by atoms with van der Waals surface area (Å²) in [6.45, 7) is 9.15. The number of carbonyl (C=O) groups is 2. The van der Waals surface area contributed by atoms with E-state index in [2.05, 4.69) is 20.8 Å². The molecule has 0 spiro atoms. The minimum atomic E-state index is -0.814. The lowest BCUT2D eigenvalue weighted by molar-refractivity contribution is -0.170. The highest BCUT2D eigenvalue weighted by atomic mass is 16.5. The molecule has 0 aromatic carbocycles. The minimum absolute atomic E-state index is 0.0164. The molecule has 2 saturated carbocycles. The molecule has 0 bridgehead atoms. The number of aliphatic hydroxyl groups excluding tert-OH is 1. The molecule has 3 aliphatic rings. The van der Waals surface area contributed by atoms with Crippen LogP contribution in [0.3, 0.4) is 0 Å². The number of allylic oxidation sites excluding steroid dienone is 1. The summed E-state index contributed by atoms with van der Waals surface area (Å²) in [5.74, 6) is 0.274. The summed E-state index contributed by atoms with van der Waals surface area (Å²) in [5, 5.41) is 11.1. The SMILES string of the molecule is CCOC(=O)C1=CC[C@H]2[C@@](C=O)(CCC3C(C)(C)CCC[C@@]32C)[C@H](O)C1. The van der Waals surface area contributed by atoms with Crippen LogP contribution in [0.2, 0.25) is 0 Å². The number of hydrogen-bond acceptors (Lipinski definition) is 4. The van der Waals surface area contributed by atoms with E-state index < -0.39 is 11.5 Å². The first-order valence-electron chi connectivity index (χ1n) is 10.2. The van der Waals surface area contributed by atoms with E-state index in [1.54, 1.807) is 6.92 Å². The molecule has 1 unspecified atom stereocenters. The Labute approximate surface area is 157 Å². The molecule has 0 aliphatic heterocycles. The van der Waals surface area contributed by atoms with E-state index in [0.29, 0.717) is 24.5 Å². The zero-order chi connectivity index (χ0) is 19.2.